The quantitative estimate of drug-likeness (QED) is 0.843. The molecule has 1 saturated heterocycles. The second-order valence-electron chi connectivity index (χ2n) is 5.28. The molecule has 0 aromatic heterocycles. The summed E-state index contributed by atoms with van der Waals surface area (Å²) < 4.78 is 16.6. The normalized spacial score (nSPS) is 35.0. The minimum atomic E-state index is -1.04. The molecule has 2 heterocycles. The molecule has 3 rings (SSSR count). The maximum absolute atomic E-state index is 10.1. The zero-order valence-electron chi connectivity index (χ0n) is 11.8. The summed E-state index contributed by atoms with van der Waals surface area (Å²) in [6.07, 6.45) is -3.33. The van der Waals surface area contributed by atoms with Gasteiger partial charge in [-0.05, 0) is 5.56 Å². The summed E-state index contributed by atoms with van der Waals surface area (Å²) in [7, 11) is 0. The highest BCUT2D eigenvalue weighted by molar-refractivity contribution is 5.75. The molecule has 0 amide bonds. The first-order valence-corrected chi connectivity index (χ1v) is 6.99. The maximum Gasteiger partial charge on any atom is 0.227 e. The van der Waals surface area contributed by atoms with Crippen LogP contribution in [0.1, 0.15) is 12.5 Å². The lowest BCUT2D eigenvalue weighted by atomic mass is 9.98. The van der Waals surface area contributed by atoms with Crippen molar-refractivity contribution in [3.8, 4) is 0 Å². The van der Waals surface area contributed by atoms with Crippen molar-refractivity contribution in [1.82, 2.24) is 0 Å². The van der Waals surface area contributed by atoms with Crippen molar-refractivity contribution in [2.45, 2.75) is 44.2 Å². The molecule has 21 heavy (non-hydrogen) atoms. The summed E-state index contributed by atoms with van der Waals surface area (Å²) in [6.45, 7) is 2.30. The van der Waals surface area contributed by atoms with Crippen LogP contribution in [-0.4, -0.2) is 53.4 Å². The third-order valence-electron chi connectivity index (χ3n) is 3.68. The summed E-state index contributed by atoms with van der Waals surface area (Å²) >= 11 is 0. The molecular formula is C15H19NO5. The van der Waals surface area contributed by atoms with Gasteiger partial charge in [0.15, 0.2) is 5.90 Å². The number of aliphatic hydroxyl groups excluding tert-OH is 2. The fourth-order valence-electron chi connectivity index (χ4n) is 2.56. The van der Waals surface area contributed by atoms with Gasteiger partial charge in [0.1, 0.15) is 24.4 Å². The van der Waals surface area contributed by atoms with Crippen LogP contribution in [0.2, 0.25) is 0 Å². The molecule has 0 unspecified atom stereocenters. The Morgan fingerprint density at radius 1 is 1.19 bits per heavy atom. The van der Waals surface area contributed by atoms with Crippen LogP contribution in [0.4, 0.5) is 0 Å². The first-order chi connectivity index (χ1) is 10.1. The van der Waals surface area contributed by atoms with Crippen LogP contribution < -0.4 is 0 Å². The number of fused-ring (bicyclic) bond motifs is 1. The highest BCUT2D eigenvalue weighted by atomic mass is 16.7. The van der Waals surface area contributed by atoms with Crippen molar-refractivity contribution in [3.05, 3.63) is 35.9 Å². The Balaban J connectivity index is 1.54. The number of hydrogen-bond acceptors (Lipinski definition) is 6. The second-order valence-corrected chi connectivity index (χ2v) is 5.28. The molecular weight excluding hydrogens is 274 g/mol. The minimum Gasteiger partial charge on any atom is -0.450 e. The number of aliphatic hydroxyl groups is 2. The molecule has 6 heteroatoms. The van der Waals surface area contributed by atoms with E-state index >= 15 is 0 Å². The van der Waals surface area contributed by atoms with E-state index in [4.69, 9.17) is 14.2 Å². The molecule has 6 nitrogen and oxygen atoms in total. The Hall–Kier alpha value is -1.47. The molecule has 0 radical (unpaired) electrons. The van der Waals surface area contributed by atoms with Gasteiger partial charge in [-0.15, -0.1) is 0 Å². The Labute approximate surface area is 123 Å². The Morgan fingerprint density at radius 3 is 2.71 bits per heavy atom. The number of aliphatic imine (C=N–C) groups is 1. The summed E-state index contributed by atoms with van der Waals surface area (Å²) in [5.41, 5.74) is 1.04. The predicted molar refractivity (Wildman–Crippen MR) is 74.8 cm³/mol. The smallest absolute Gasteiger partial charge is 0.227 e. The van der Waals surface area contributed by atoms with Gasteiger partial charge in [-0.1, -0.05) is 30.3 Å². The molecule has 0 spiro atoms. The monoisotopic (exact) mass is 293 g/mol. The van der Waals surface area contributed by atoms with Gasteiger partial charge in [-0.25, -0.2) is 4.99 Å². The zero-order chi connectivity index (χ0) is 14.8. The van der Waals surface area contributed by atoms with Gasteiger partial charge in [-0.2, -0.15) is 0 Å². The number of hydrogen-bond donors (Lipinski definition) is 2. The molecule has 5 atom stereocenters. The summed E-state index contributed by atoms with van der Waals surface area (Å²) in [4.78, 5) is 4.12. The fourth-order valence-corrected chi connectivity index (χ4v) is 2.56. The molecule has 114 valence electrons. The number of ether oxygens (including phenoxy) is 3. The van der Waals surface area contributed by atoms with E-state index in [9.17, 15) is 10.2 Å². The van der Waals surface area contributed by atoms with Crippen LogP contribution in [-0.2, 0) is 20.8 Å². The lowest BCUT2D eigenvalue weighted by Crippen LogP contribution is -2.57. The van der Waals surface area contributed by atoms with E-state index in [1.165, 1.54) is 0 Å². The standard InChI is InChI=1S/C15H19NO5/c1-9-16-12-14(18)13(17)11(21-15(12)20-9)8-19-7-10-5-3-2-4-6-10/h2-6,11-15,17-18H,7-8H2,1H3/t11-,12-,13-,14-,15-/m1/s1. The van der Waals surface area contributed by atoms with Crippen molar-refractivity contribution in [3.63, 3.8) is 0 Å². The van der Waals surface area contributed by atoms with Crippen LogP contribution in [0, 0.1) is 0 Å². The topological polar surface area (TPSA) is 80.5 Å². The SMILES string of the molecule is CC1=N[C@H]2[C@H](O1)O[C@H](COCc1ccccc1)[C@@H](O)[C@@H]2O. The van der Waals surface area contributed by atoms with E-state index < -0.39 is 30.6 Å². The molecule has 2 aliphatic rings. The third kappa shape index (κ3) is 3.08. The molecule has 2 aliphatic heterocycles. The van der Waals surface area contributed by atoms with Crippen molar-refractivity contribution in [2.75, 3.05) is 6.61 Å². The lowest BCUT2D eigenvalue weighted by molar-refractivity contribution is -0.238. The van der Waals surface area contributed by atoms with Crippen molar-refractivity contribution >= 4 is 5.90 Å². The average Bonchev–Trinajstić information content (AvgIpc) is 2.86. The third-order valence-corrected chi connectivity index (χ3v) is 3.68. The van der Waals surface area contributed by atoms with E-state index in [0.717, 1.165) is 5.56 Å². The van der Waals surface area contributed by atoms with Crippen LogP contribution in [0.5, 0.6) is 0 Å². The second kappa shape index (κ2) is 6.11. The van der Waals surface area contributed by atoms with E-state index in [1.54, 1.807) is 6.92 Å². The Kier molecular flexibility index (Phi) is 4.21. The first kappa shape index (κ1) is 14.5. The molecule has 1 fully saturated rings. The van der Waals surface area contributed by atoms with Gasteiger partial charge in [0.2, 0.25) is 6.29 Å². The number of nitrogens with zero attached hydrogens (tertiary/aromatic N) is 1. The Morgan fingerprint density at radius 2 is 1.95 bits per heavy atom. The van der Waals surface area contributed by atoms with E-state index in [-0.39, 0.29) is 6.61 Å². The van der Waals surface area contributed by atoms with E-state index in [2.05, 4.69) is 4.99 Å². The van der Waals surface area contributed by atoms with Gasteiger partial charge < -0.3 is 24.4 Å². The van der Waals surface area contributed by atoms with Crippen LogP contribution >= 0.6 is 0 Å². The average molecular weight is 293 g/mol. The van der Waals surface area contributed by atoms with Gasteiger partial charge in [0.05, 0.1) is 13.2 Å². The zero-order valence-corrected chi connectivity index (χ0v) is 11.8. The van der Waals surface area contributed by atoms with Gasteiger partial charge >= 0.3 is 0 Å². The van der Waals surface area contributed by atoms with Gasteiger partial charge in [0.25, 0.3) is 0 Å². The Bertz CT molecular complexity index is 506. The highest BCUT2D eigenvalue weighted by Gasteiger charge is 2.48. The minimum absolute atomic E-state index is 0.179. The largest absolute Gasteiger partial charge is 0.450 e. The van der Waals surface area contributed by atoms with Crippen molar-refractivity contribution < 1.29 is 24.4 Å². The molecule has 1 aromatic rings. The number of benzene rings is 1. The molecule has 1 aromatic carbocycles. The maximum atomic E-state index is 10.1. The van der Waals surface area contributed by atoms with E-state index in [0.29, 0.717) is 12.5 Å². The van der Waals surface area contributed by atoms with Crippen LogP contribution in [0.25, 0.3) is 0 Å². The fraction of sp³-hybridized carbons (Fsp3) is 0.533. The summed E-state index contributed by atoms with van der Waals surface area (Å²) in [5.74, 6) is 0.460. The highest BCUT2D eigenvalue weighted by Crippen LogP contribution is 2.28. The molecule has 2 N–H and O–H groups in total. The van der Waals surface area contributed by atoms with Gasteiger partial charge in [-0.3, -0.25) is 0 Å². The molecule has 0 saturated carbocycles. The van der Waals surface area contributed by atoms with Gasteiger partial charge in [0, 0.05) is 6.92 Å². The van der Waals surface area contributed by atoms with E-state index in [1.807, 2.05) is 30.3 Å². The van der Waals surface area contributed by atoms with Crippen LogP contribution in [0.3, 0.4) is 0 Å². The van der Waals surface area contributed by atoms with Crippen molar-refractivity contribution in [1.29, 1.82) is 0 Å². The molecule has 0 aliphatic carbocycles. The molecule has 0 bridgehead atoms. The van der Waals surface area contributed by atoms with Crippen LogP contribution in [0.15, 0.2) is 35.3 Å². The summed E-state index contributed by atoms with van der Waals surface area (Å²) in [6, 6.07) is 9.16. The van der Waals surface area contributed by atoms with Crippen molar-refractivity contribution in [2.24, 2.45) is 4.99 Å². The summed E-state index contributed by atoms with van der Waals surface area (Å²) in [5, 5.41) is 20.2. The lowest BCUT2D eigenvalue weighted by Gasteiger charge is -2.37. The predicted octanol–water partition coefficient (Wildman–Crippen LogP) is 0.467. The first-order valence-electron chi connectivity index (χ1n) is 6.99. The number of rotatable bonds is 4.